The van der Waals surface area contributed by atoms with E-state index in [1.807, 2.05) is 0 Å². The predicted molar refractivity (Wildman–Crippen MR) is 71.2 cm³/mol. The Morgan fingerprint density at radius 1 is 1.53 bits per heavy atom. The fourth-order valence-corrected chi connectivity index (χ4v) is 2.20. The van der Waals surface area contributed by atoms with Crippen molar-refractivity contribution in [2.45, 2.75) is 4.90 Å². The maximum atomic E-state index is 11.5. The maximum absolute atomic E-state index is 11.5. The van der Waals surface area contributed by atoms with Gasteiger partial charge in [0.15, 0.2) is 9.84 Å². The van der Waals surface area contributed by atoms with Crippen molar-refractivity contribution in [3.63, 3.8) is 0 Å². The van der Waals surface area contributed by atoms with Crippen molar-refractivity contribution in [3.05, 3.63) is 24.0 Å². The fourth-order valence-electron chi connectivity index (χ4n) is 1.09. The molecule has 0 atom stereocenters. The van der Waals surface area contributed by atoms with Crippen LogP contribution in [0.15, 0.2) is 28.3 Å². The number of thiocarbonyl (C=S) groups is 1. The van der Waals surface area contributed by atoms with Crippen LogP contribution in [0, 0.1) is 0 Å². The highest BCUT2D eigenvalue weighted by Crippen LogP contribution is 2.15. The number of rotatable bonds is 3. The summed E-state index contributed by atoms with van der Waals surface area (Å²) in [4.78, 5) is 9.83. The van der Waals surface area contributed by atoms with Crippen molar-refractivity contribution in [1.29, 1.82) is 0 Å². The molecule has 5 nitrogen and oxygen atoms in total. The summed E-state index contributed by atoms with van der Waals surface area (Å²) in [7, 11) is 0.249. The van der Waals surface area contributed by atoms with Gasteiger partial charge in [0.25, 0.3) is 0 Å². The predicted octanol–water partition coefficient (Wildman–Crippen LogP) is 0.751. The Balaban J connectivity index is 3.20. The molecule has 1 aromatic heterocycles. The number of nitrogens with zero attached hydrogens (tertiary/aromatic N) is 3. The summed E-state index contributed by atoms with van der Waals surface area (Å²) < 4.78 is 23.1. The summed E-state index contributed by atoms with van der Waals surface area (Å²) in [5.41, 5.74) is 0.399. The fraction of sp³-hybridized carbons (Fsp3) is 0.300. The van der Waals surface area contributed by atoms with Crippen molar-refractivity contribution in [3.8, 4) is 0 Å². The lowest BCUT2D eigenvalue weighted by atomic mass is 10.3. The molecule has 0 aliphatic carbocycles. The molecule has 0 radical (unpaired) electrons. The zero-order valence-corrected chi connectivity index (χ0v) is 11.4. The van der Waals surface area contributed by atoms with Gasteiger partial charge in [0, 0.05) is 38.3 Å². The Morgan fingerprint density at radius 2 is 2.18 bits per heavy atom. The second-order valence-corrected chi connectivity index (χ2v) is 6.03. The van der Waals surface area contributed by atoms with E-state index in [-0.39, 0.29) is 9.88 Å². The lowest BCUT2D eigenvalue weighted by Gasteiger charge is -2.06. The van der Waals surface area contributed by atoms with Gasteiger partial charge in [-0.2, -0.15) is 0 Å². The summed E-state index contributed by atoms with van der Waals surface area (Å²) in [5.74, 6) is 0. The van der Waals surface area contributed by atoms with E-state index < -0.39 is 9.84 Å². The van der Waals surface area contributed by atoms with Crippen LogP contribution in [-0.2, 0) is 9.84 Å². The standard InChI is InChI=1S/C10H13N3O2S2/c1-13(2)7-12-10(16)8-4-5-11-6-9(8)17(3,14)15/h4-7H,1-3H3. The zero-order chi connectivity index (χ0) is 13.1. The van der Waals surface area contributed by atoms with Gasteiger partial charge in [-0.15, -0.1) is 0 Å². The van der Waals surface area contributed by atoms with Crippen LogP contribution in [0.2, 0.25) is 0 Å². The minimum atomic E-state index is -3.35. The first-order chi connectivity index (χ1) is 7.82. The number of hydrogen-bond donors (Lipinski definition) is 0. The number of hydrogen-bond acceptors (Lipinski definition) is 4. The van der Waals surface area contributed by atoms with Gasteiger partial charge in [0.05, 0.1) is 11.2 Å². The van der Waals surface area contributed by atoms with Crippen LogP contribution < -0.4 is 0 Å². The van der Waals surface area contributed by atoms with Crippen LogP contribution in [-0.4, -0.2) is 50.0 Å². The lowest BCUT2D eigenvalue weighted by molar-refractivity contribution is 0.601. The van der Waals surface area contributed by atoms with Gasteiger partial charge in [0.1, 0.15) is 4.99 Å². The second-order valence-electron chi connectivity index (χ2n) is 3.66. The molecule has 0 N–H and O–H groups in total. The van der Waals surface area contributed by atoms with E-state index in [9.17, 15) is 8.42 Å². The molecule has 0 bridgehead atoms. The Bertz CT molecular complexity index is 550. The maximum Gasteiger partial charge on any atom is 0.177 e. The highest BCUT2D eigenvalue weighted by molar-refractivity contribution is 7.91. The summed E-state index contributed by atoms with van der Waals surface area (Å²) in [6.07, 6.45) is 5.41. The van der Waals surface area contributed by atoms with Crippen molar-refractivity contribution in [1.82, 2.24) is 9.88 Å². The average Bonchev–Trinajstić information content (AvgIpc) is 2.24. The molecule has 0 saturated heterocycles. The molecule has 0 unspecified atom stereocenters. The number of aliphatic imine (C=N–C) groups is 1. The van der Waals surface area contributed by atoms with Crippen LogP contribution in [0.3, 0.4) is 0 Å². The van der Waals surface area contributed by atoms with Gasteiger partial charge in [-0.3, -0.25) is 4.98 Å². The molecule has 0 fully saturated rings. The van der Waals surface area contributed by atoms with Crippen molar-refractivity contribution >= 4 is 33.4 Å². The Hall–Kier alpha value is -1.34. The van der Waals surface area contributed by atoms with Crippen molar-refractivity contribution in [2.75, 3.05) is 20.4 Å². The first-order valence-electron chi connectivity index (χ1n) is 4.71. The largest absolute Gasteiger partial charge is 0.369 e. The van der Waals surface area contributed by atoms with Crippen LogP contribution in [0.5, 0.6) is 0 Å². The monoisotopic (exact) mass is 271 g/mol. The van der Waals surface area contributed by atoms with Crippen LogP contribution in [0.1, 0.15) is 5.56 Å². The molecular formula is C10H13N3O2S2. The molecule has 0 aliphatic heterocycles. The summed E-state index contributed by atoms with van der Waals surface area (Å²) in [6.45, 7) is 0. The number of sulfone groups is 1. The van der Waals surface area contributed by atoms with Gasteiger partial charge >= 0.3 is 0 Å². The van der Waals surface area contributed by atoms with Crippen molar-refractivity contribution < 1.29 is 8.42 Å². The van der Waals surface area contributed by atoms with Crippen LogP contribution in [0.25, 0.3) is 0 Å². The number of pyridine rings is 1. The molecule has 7 heteroatoms. The highest BCUT2D eigenvalue weighted by Gasteiger charge is 2.15. The van der Waals surface area contributed by atoms with E-state index in [0.717, 1.165) is 6.26 Å². The minimum absolute atomic E-state index is 0.0981. The Kier molecular flexibility index (Phi) is 4.30. The van der Waals surface area contributed by atoms with Gasteiger partial charge in [-0.05, 0) is 6.07 Å². The summed E-state index contributed by atoms with van der Waals surface area (Å²) >= 11 is 5.08. The summed E-state index contributed by atoms with van der Waals surface area (Å²) in [6, 6.07) is 1.55. The van der Waals surface area contributed by atoms with Gasteiger partial charge in [0.2, 0.25) is 0 Å². The third kappa shape index (κ3) is 3.86. The number of aromatic nitrogens is 1. The quantitative estimate of drug-likeness (QED) is 0.461. The van der Waals surface area contributed by atoms with E-state index in [2.05, 4.69) is 9.98 Å². The van der Waals surface area contributed by atoms with Gasteiger partial charge < -0.3 is 4.90 Å². The lowest BCUT2D eigenvalue weighted by Crippen LogP contribution is -2.11. The SMILES string of the molecule is CN(C)C=NC(=S)c1ccncc1S(C)(=O)=O. The average molecular weight is 271 g/mol. The second kappa shape index (κ2) is 5.33. The van der Waals surface area contributed by atoms with Crippen molar-refractivity contribution in [2.24, 2.45) is 4.99 Å². The van der Waals surface area contributed by atoms with Gasteiger partial charge in [-0.25, -0.2) is 13.4 Å². The Morgan fingerprint density at radius 3 is 2.71 bits per heavy atom. The molecule has 0 aromatic carbocycles. The van der Waals surface area contributed by atoms with Crippen LogP contribution >= 0.6 is 12.2 Å². The minimum Gasteiger partial charge on any atom is -0.369 e. The van der Waals surface area contributed by atoms with E-state index in [4.69, 9.17) is 12.2 Å². The van der Waals surface area contributed by atoms with E-state index in [0.29, 0.717) is 5.56 Å². The van der Waals surface area contributed by atoms with Crippen LogP contribution in [0.4, 0.5) is 0 Å². The first-order valence-corrected chi connectivity index (χ1v) is 7.01. The molecule has 1 rings (SSSR count). The third-order valence-corrected chi connectivity index (χ3v) is 3.27. The van der Waals surface area contributed by atoms with Gasteiger partial charge in [-0.1, -0.05) is 12.2 Å². The molecule has 0 aliphatic rings. The molecule has 0 amide bonds. The third-order valence-electron chi connectivity index (χ3n) is 1.82. The summed E-state index contributed by atoms with van der Waals surface area (Å²) in [5, 5.41) is 0. The zero-order valence-electron chi connectivity index (χ0n) is 9.78. The van der Waals surface area contributed by atoms with E-state index in [1.54, 1.807) is 25.1 Å². The molecule has 17 heavy (non-hydrogen) atoms. The molecule has 1 aromatic rings. The molecule has 0 spiro atoms. The molecular weight excluding hydrogens is 258 g/mol. The van der Waals surface area contributed by atoms with E-state index in [1.165, 1.54) is 18.7 Å². The normalized spacial score (nSPS) is 11.7. The van der Waals surface area contributed by atoms with E-state index >= 15 is 0 Å². The molecule has 0 saturated carbocycles. The highest BCUT2D eigenvalue weighted by atomic mass is 32.2. The Labute approximate surface area is 106 Å². The topological polar surface area (TPSA) is 62.6 Å². The smallest absolute Gasteiger partial charge is 0.177 e. The first kappa shape index (κ1) is 13.7. The molecule has 92 valence electrons. The molecule has 1 heterocycles.